The van der Waals surface area contributed by atoms with E-state index in [9.17, 15) is 9.59 Å². The molecule has 0 saturated carbocycles. The van der Waals surface area contributed by atoms with Crippen molar-refractivity contribution in [3.8, 4) is 0 Å². The fourth-order valence-electron chi connectivity index (χ4n) is 2.09. The lowest BCUT2D eigenvalue weighted by Crippen LogP contribution is -2.49. The van der Waals surface area contributed by atoms with Gasteiger partial charge in [0.25, 0.3) is 5.91 Å². The Morgan fingerprint density at radius 1 is 1.63 bits per heavy atom. The molecule has 7 nitrogen and oxygen atoms in total. The quantitative estimate of drug-likeness (QED) is 0.817. The van der Waals surface area contributed by atoms with E-state index in [1.165, 1.54) is 4.90 Å². The van der Waals surface area contributed by atoms with Crippen LogP contribution in [0.5, 0.6) is 0 Å². The average Bonchev–Trinajstić information content (AvgIpc) is 2.86. The molecule has 2 N–H and O–H groups in total. The molecule has 1 atom stereocenters. The second kappa shape index (κ2) is 5.83. The van der Waals surface area contributed by atoms with Gasteiger partial charge in [-0.2, -0.15) is 5.10 Å². The number of ether oxygens (including phenoxy) is 1. The number of aryl methyl sites for hydroxylation is 1. The third-order valence-electron chi connectivity index (χ3n) is 3.13. The standard InChI is InChI=1S/C12H17N3O4/c1-2-8-5-10(14-13-8)12(18)15-3-4-19-7-9(15)6-11(16)17/h5,9H,2-4,6-7H2,1H3,(H,13,14)(H,16,17). The number of aromatic nitrogens is 2. The highest BCUT2D eigenvalue weighted by Gasteiger charge is 2.30. The highest BCUT2D eigenvalue weighted by molar-refractivity contribution is 5.93. The van der Waals surface area contributed by atoms with Crippen LogP contribution in [0.1, 0.15) is 29.5 Å². The number of carboxylic acids is 1. The average molecular weight is 267 g/mol. The van der Waals surface area contributed by atoms with Crippen LogP contribution >= 0.6 is 0 Å². The molecule has 104 valence electrons. The molecule has 0 aliphatic carbocycles. The van der Waals surface area contributed by atoms with Gasteiger partial charge in [0, 0.05) is 12.2 Å². The van der Waals surface area contributed by atoms with E-state index in [0.717, 1.165) is 12.1 Å². The highest BCUT2D eigenvalue weighted by atomic mass is 16.5. The summed E-state index contributed by atoms with van der Waals surface area (Å²) >= 11 is 0. The Morgan fingerprint density at radius 3 is 3.05 bits per heavy atom. The summed E-state index contributed by atoms with van der Waals surface area (Å²) in [5, 5.41) is 15.6. The Morgan fingerprint density at radius 2 is 2.42 bits per heavy atom. The molecule has 2 rings (SSSR count). The van der Waals surface area contributed by atoms with Crippen molar-refractivity contribution in [1.82, 2.24) is 15.1 Å². The van der Waals surface area contributed by atoms with Crippen LogP contribution in [-0.4, -0.2) is 57.9 Å². The molecule has 1 unspecified atom stereocenters. The van der Waals surface area contributed by atoms with E-state index in [0.29, 0.717) is 18.8 Å². The molecular weight excluding hydrogens is 250 g/mol. The zero-order valence-corrected chi connectivity index (χ0v) is 10.8. The number of hydrogen-bond acceptors (Lipinski definition) is 4. The number of carbonyl (C=O) groups is 2. The van der Waals surface area contributed by atoms with Crippen LogP contribution in [0.3, 0.4) is 0 Å². The number of carbonyl (C=O) groups excluding carboxylic acids is 1. The fraction of sp³-hybridized carbons (Fsp3) is 0.583. The van der Waals surface area contributed by atoms with Crippen molar-refractivity contribution < 1.29 is 19.4 Å². The Hall–Kier alpha value is -1.89. The van der Waals surface area contributed by atoms with Crippen molar-refractivity contribution in [2.24, 2.45) is 0 Å². The van der Waals surface area contributed by atoms with Crippen molar-refractivity contribution in [3.63, 3.8) is 0 Å². The lowest BCUT2D eigenvalue weighted by molar-refractivity contribution is -0.139. The lowest BCUT2D eigenvalue weighted by Gasteiger charge is -2.34. The number of hydrogen-bond donors (Lipinski definition) is 2. The van der Waals surface area contributed by atoms with Crippen LogP contribution in [0.2, 0.25) is 0 Å². The van der Waals surface area contributed by atoms with E-state index in [1.807, 2.05) is 6.92 Å². The largest absolute Gasteiger partial charge is 0.481 e. The van der Waals surface area contributed by atoms with Crippen LogP contribution in [0, 0.1) is 0 Å². The molecule has 2 heterocycles. The molecule has 19 heavy (non-hydrogen) atoms. The van der Waals surface area contributed by atoms with Gasteiger partial charge < -0.3 is 14.7 Å². The number of aromatic amines is 1. The number of amides is 1. The number of carboxylic acid groups (broad SMARTS) is 1. The number of H-pyrrole nitrogens is 1. The third-order valence-corrected chi connectivity index (χ3v) is 3.13. The third kappa shape index (κ3) is 3.11. The summed E-state index contributed by atoms with van der Waals surface area (Å²) in [6.45, 7) is 3.03. The van der Waals surface area contributed by atoms with E-state index < -0.39 is 12.0 Å². The van der Waals surface area contributed by atoms with Crippen LogP contribution in [0.4, 0.5) is 0 Å². The molecule has 7 heteroatoms. The normalized spacial score (nSPS) is 19.4. The van der Waals surface area contributed by atoms with Gasteiger partial charge in [-0.25, -0.2) is 0 Å². The predicted octanol–water partition coefficient (Wildman–Crippen LogP) is 0.288. The highest BCUT2D eigenvalue weighted by Crippen LogP contribution is 2.14. The minimum Gasteiger partial charge on any atom is -0.481 e. The van der Waals surface area contributed by atoms with E-state index in [2.05, 4.69) is 10.2 Å². The van der Waals surface area contributed by atoms with E-state index in [1.54, 1.807) is 6.07 Å². The summed E-state index contributed by atoms with van der Waals surface area (Å²) in [6, 6.07) is 1.27. The van der Waals surface area contributed by atoms with Crippen LogP contribution < -0.4 is 0 Å². The van der Waals surface area contributed by atoms with Crippen molar-refractivity contribution in [2.75, 3.05) is 19.8 Å². The SMILES string of the molecule is CCc1cc(C(=O)N2CCOCC2CC(=O)O)n[nH]1. The monoisotopic (exact) mass is 267 g/mol. The molecule has 0 bridgehead atoms. The molecule has 0 aromatic carbocycles. The Bertz CT molecular complexity index is 471. The molecule has 1 aliphatic heterocycles. The zero-order valence-electron chi connectivity index (χ0n) is 10.8. The maximum absolute atomic E-state index is 12.3. The molecular formula is C12H17N3O4. The first kappa shape index (κ1) is 13.5. The van der Waals surface area contributed by atoms with Gasteiger partial charge in [0.2, 0.25) is 0 Å². The van der Waals surface area contributed by atoms with Crippen molar-refractivity contribution >= 4 is 11.9 Å². The van der Waals surface area contributed by atoms with Gasteiger partial charge in [0.05, 0.1) is 25.7 Å². The molecule has 0 radical (unpaired) electrons. The molecule has 1 amide bonds. The molecule has 1 fully saturated rings. The number of nitrogens with zero attached hydrogens (tertiary/aromatic N) is 2. The van der Waals surface area contributed by atoms with Crippen molar-refractivity contribution in [1.29, 1.82) is 0 Å². The minimum atomic E-state index is -0.940. The molecule has 0 spiro atoms. The number of aliphatic carboxylic acids is 1. The van der Waals surface area contributed by atoms with Crippen LogP contribution in [0.15, 0.2) is 6.07 Å². The summed E-state index contributed by atoms with van der Waals surface area (Å²) in [5.74, 6) is -1.19. The van der Waals surface area contributed by atoms with E-state index >= 15 is 0 Å². The first-order chi connectivity index (χ1) is 9.11. The minimum absolute atomic E-state index is 0.114. The maximum Gasteiger partial charge on any atom is 0.305 e. The van der Waals surface area contributed by atoms with Gasteiger partial charge >= 0.3 is 5.97 Å². The summed E-state index contributed by atoms with van der Waals surface area (Å²) in [7, 11) is 0. The van der Waals surface area contributed by atoms with Gasteiger partial charge in [0.15, 0.2) is 0 Å². The summed E-state index contributed by atoms with van der Waals surface area (Å²) in [6.07, 6.45) is 0.652. The number of nitrogens with one attached hydrogen (secondary N) is 1. The Balaban J connectivity index is 2.12. The predicted molar refractivity (Wildman–Crippen MR) is 65.9 cm³/mol. The summed E-state index contributed by atoms with van der Waals surface area (Å²) < 4.78 is 5.24. The zero-order chi connectivity index (χ0) is 13.8. The van der Waals surface area contributed by atoms with Crippen molar-refractivity contribution in [2.45, 2.75) is 25.8 Å². The Labute approximate surface area is 110 Å². The summed E-state index contributed by atoms with van der Waals surface area (Å²) in [4.78, 5) is 24.7. The molecule has 1 aliphatic rings. The summed E-state index contributed by atoms with van der Waals surface area (Å²) in [5.41, 5.74) is 1.21. The number of morpholine rings is 1. The van der Waals surface area contributed by atoms with Crippen LogP contribution in [-0.2, 0) is 16.0 Å². The van der Waals surface area contributed by atoms with E-state index in [4.69, 9.17) is 9.84 Å². The van der Waals surface area contributed by atoms with Gasteiger partial charge in [0.1, 0.15) is 5.69 Å². The van der Waals surface area contributed by atoms with Gasteiger partial charge in [-0.15, -0.1) is 0 Å². The maximum atomic E-state index is 12.3. The first-order valence-electron chi connectivity index (χ1n) is 6.26. The second-order valence-corrected chi connectivity index (χ2v) is 4.46. The molecule has 1 aromatic rings. The van der Waals surface area contributed by atoms with E-state index in [-0.39, 0.29) is 18.9 Å². The Kier molecular flexibility index (Phi) is 4.16. The molecule has 1 saturated heterocycles. The van der Waals surface area contributed by atoms with Crippen LogP contribution in [0.25, 0.3) is 0 Å². The first-order valence-corrected chi connectivity index (χ1v) is 6.26. The van der Waals surface area contributed by atoms with Gasteiger partial charge in [-0.05, 0) is 12.5 Å². The topological polar surface area (TPSA) is 95.5 Å². The lowest BCUT2D eigenvalue weighted by atomic mass is 10.1. The van der Waals surface area contributed by atoms with Gasteiger partial charge in [-0.1, -0.05) is 6.92 Å². The second-order valence-electron chi connectivity index (χ2n) is 4.46. The fourth-order valence-corrected chi connectivity index (χ4v) is 2.09. The van der Waals surface area contributed by atoms with Crippen molar-refractivity contribution in [3.05, 3.63) is 17.5 Å². The molecule has 1 aromatic heterocycles. The van der Waals surface area contributed by atoms with Gasteiger partial charge in [-0.3, -0.25) is 14.7 Å². The smallest absolute Gasteiger partial charge is 0.305 e. The number of rotatable bonds is 4.